The number of nitrogens with one attached hydrogen (secondary N) is 2. The number of carbonyl (C=O) groups excluding carboxylic acids is 1. The van der Waals surface area contributed by atoms with Gasteiger partial charge in [-0.3, -0.25) is 14.5 Å². The number of aromatic nitrogens is 3. The van der Waals surface area contributed by atoms with Crippen LogP contribution in [0.2, 0.25) is 0 Å². The third-order valence-electron chi connectivity index (χ3n) is 5.67. The maximum absolute atomic E-state index is 15.0. The highest BCUT2D eigenvalue weighted by atomic mass is 19.4. The summed E-state index contributed by atoms with van der Waals surface area (Å²) in [6.07, 6.45) is -4.95. The Bertz CT molecular complexity index is 1400. The molecule has 4 rings (SSSR count). The zero-order chi connectivity index (χ0) is 27.1. The minimum absolute atomic E-state index is 0.0160. The Morgan fingerprint density at radius 3 is 2.56 bits per heavy atom. The molecule has 1 saturated heterocycles. The van der Waals surface area contributed by atoms with Crippen LogP contribution in [0, 0.1) is 12.7 Å². The first-order valence-corrected chi connectivity index (χ1v) is 10.3. The maximum Gasteiger partial charge on any atom is 0.438 e. The molecular formula is C22H22F4N6O2. The Morgan fingerprint density at radius 1 is 1.18 bits per heavy atom. The third kappa shape index (κ3) is 4.58. The second kappa shape index (κ2) is 9.01. The lowest BCUT2D eigenvalue weighted by atomic mass is 10.1. The quantitative estimate of drug-likeness (QED) is 0.556. The topological polar surface area (TPSA) is 94.2 Å². The van der Waals surface area contributed by atoms with Crippen molar-refractivity contribution in [1.82, 2.24) is 25.2 Å². The molecule has 0 radical (unpaired) electrons. The van der Waals surface area contributed by atoms with Crippen LogP contribution >= 0.6 is 0 Å². The number of fused-ring (bicyclic) bond motifs is 1. The number of aryl methyl sites for hydroxylation is 1. The Balaban J connectivity index is 1.43. The first-order chi connectivity index (χ1) is 17.2. The van der Waals surface area contributed by atoms with Crippen LogP contribution in [0.5, 0.6) is 0 Å². The lowest BCUT2D eigenvalue weighted by Gasteiger charge is -2.36. The first-order valence-electron chi connectivity index (χ1n) is 11.8. The molecule has 180 valence electrons. The smallest absolute Gasteiger partial charge is 0.368 e. The predicted molar refractivity (Wildman–Crippen MR) is 117 cm³/mol. The van der Waals surface area contributed by atoms with E-state index in [-0.39, 0.29) is 28.8 Å². The van der Waals surface area contributed by atoms with Gasteiger partial charge in [0.15, 0.2) is 5.82 Å². The standard InChI is InChI=1S/C22H22F4N6O2/c1-12-16(6-5-15(28-12)20(33)27-2)32-9-7-31(8-10-32)11-13-3-4-14-18(17(13)23)30-21(34)19(29-14)22(24,25)26/h3-6H,7-11H2,1-2H3,(H,27,33)(H,30,34)/i2D3. The molecule has 0 spiro atoms. The molecule has 1 aliphatic heterocycles. The molecule has 1 aromatic carbocycles. The number of amides is 1. The van der Waals surface area contributed by atoms with Crippen molar-refractivity contribution in [3.05, 3.63) is 63.1 Å². The third-order valence-corrected chi connectivity index (χ3v) is 5.67. The minimum atomic E-state index is -4.95. The van der Waals surface area contributed by atoms with Crippen molar-refractivity contribution in [2.45, 2.75) is 19.6 Å². The van der Waals surface area contributed by atoms with Gasteiger partial charge in [0.25, 0.3) is 11.5 Å². The monoisotopic (exact) mass is 481 g/mol. The number of alkyl halides is 3. The van der Waals surface area contributed by atoms with Crippen LogP contribution in [0.25, 0.3) is 11.0 Å². The van der Waals surface area contributed by atoms with Crippen LogP contribution in [0.4, 0.5) is 23.2 Å². The molecule has 3 aromatic rings. The Hall–Kier alpha value is -3.54. The highest BCUT2D eigenvalue weighted by molar-refractivity contribution is 5.92. The number of piperazine rings is 1. The van der Waals surface area contributed by atoms with Gasteiger partial charge in [0.05, 0.1) is 16.9 Å². The molecule has 1 fully saturated rings. The van der Waals surface area contributed by atoms with E-state index in [0.29, 0.717) is 31.9 Å². The van der Waals surface area contributed by atoms with Crippen molar-refractivity contribution >= 4 is 22.6 Å². The summed E-state index contributed by atoms with van der Waals surface area (Å²) in [5, 5.41) is 1.89. The number of hydrogen-bond donors (Lipinski definition) is 2. The summed E-state index contributed by atoms with van der Waals surface area (Å²) < 4.78 is 75.2. The van der Waals surface area contributed by atoms with Crippen molar-refractivity contribution in [2.75, 3.05) is 38.1 Å². The summed E-state index contributed by atoms with van der Waals surface area (Å²) in [4.78, 5) is 37.3. The molecule has 3 heterocycles. The van der Waals surface area contributed by atoms with E-state index in [2.05, 4.69) is 9.97 Å². The largest absolute Gasteiger partial charge is 0.438 e. The van der Waals surface area contributed by atoms with Gasteiger partial charge in [-0.15, -0.1) is 0 Å². The van der Waals surface area contributed by atoms with Gasteiger partial charge in [-0.2, -0.15) is 13.2 Å². The van der Waals surface area contributed by atoms with E-state index in [0.717, 1.165) is 5.69 Å². The van der Waals surface area contributed by atoms with Crippen molar-refractivity contribution in [2.24, 2.45) is 0 Å². The van der Waals surface area contributed by atoms with Gasteiger partial charge >= 0.3 is 6.18 Å². The lowest BCUT2D eigenvalue weighted by molar-refractivity contribution is -0.142. The predicted octanol–water partition coefficient (Wildman–Crippen LogP) is 2.47. The SMILES string of the molecule is [2H]C([2H])([2H])NC(=O)c1ccc(N2CCN(Cc3ccc4nc(C(F)(F)F)c(=O)[nH]c4c3F)CC2)c(C)n1. The van der Waals surface area contributed by atoms with Gasteiger partial charge in [0, 0.05) is 49.4 Å². The van der Waals surface area contributed by atoms with Crippen molar-refractivity contribution in [1.29, 1.82) is 0 Å². The Kier molecular flexibility index (Phi) is 5.27. The van der Waals surface area contributed by atoms with E-state index in [9.17, 15) is 22.8 Å². The average molecular weight is 481 g/mol. The fourth-order valence-corrected chi connectivity index (χ4v) is 3.95. The molecule has 0 bridgehead atoms. The molecular weight excluding hydrogens is 456 g/mol. The Labute approximate surface area is 195 Å². The van der Waals surface area contributed by atoms with Crippen molar-refractivity contribution in [3.63, 3.8) is 0 Å². The number of anilines is 1. The molecule has 0 saturated carbocycles. The molecule has 8 nitrogen and oxygen atoms in total. The summed E-state index contributed by atoms with van der Waals surface area (Å²) in [5.41, 5.74) is -2.30. The normalized spacial score (nSPS) is 16.7. The van der Waals surface area contributed by atoms with E-state index in [4.69, 9.17) is 4.11 Å². The van der Waals surface area contributed by atoms with Gasteiger partial charge < -0.3 is 15.2 Å². The van der Waals surface area contributed by atoms with Gasteiger partial charge in [-0.05, 0) is 25.1 Å². The van der Waals surface area contributed by atoms with Crippen LogP contribution < -0.4 is 15.8 Å². The molecule has 0 aliphatic carbocycles. The average Bonchev–Trinajstić information content (AvgIpc) is 2.80. The summed E-state index contributed by atoms with van der Waals surface area (Å²) >= 11 is 0. The fraction of sp³-hybridized carbons (Fsp3) is 0.364. The summed E-state index contributed by atoms with van der Waals surface area (Å²) in [6, 6.07) is 5.73. The van der Waals surface area contributed by atoms with E-state index < -0.39 is 36.1 Å². The fourth-order valence-electron chi connectivity index (χ4n) is 3.95. The number of H-pyrrole nitrogens is 1. The number of nitrogens with zero attached hydrogens (tertiary/aromatic N) is 4. The van der Waals surface area contributed by atoms with Gasteiger partial charge in [0.2, 0.25) is 5.69 Å². The van der Waals surface area contributed by atoms with Gasteiger partial charge in [0.1, 0.15) is 11.2 Å². The van der Waals surface area contributed by atoms with E-state index in [1.807, 2.05) is 20.1 Å². The number of aromatic amines is 1. The van der Waals surface area contributed by atoms with Crippen LogP contribution in [0.15, 0.2) is 29.1 Å². The number of hydrogen-bond acceptors (Lipinski definition) is 6. The summed E-state index contributed by atoms with van der Waals surface area (Å²) in [7, 11) is 0. The molecule has 1 aliphatic rings. The van der Waals surface area contributed by atoms with Crippen LogP contribution in [0.3, 0.4) is 0 Å². The minimum Gasteiger partial charge on any atom is -0.368 e. The zero-order valence-corrected chi connectivity index (χ0v) is 18.0. The maximum atomic E-state index is 15.0. The molecule has 0 atom stereocenters. The molecule has 12 heteroatoms. The lowest BCUT2D eigenvalue weighted by Crippen LogP contribution is -2.46. The molecule has 34 heavy (non-hydrogen) atoms. The molecule has 0 unspecified atom stereocenters. The number of benzene rings is 1. The summed E-state index contributed by atoms with van der Waals surface area (Å²) in [5.74, 6) is -1.63. The van der Waals surface area contributed by atoms with Gasteiger partial charge in [-0.25, -0.2) is 14.4 Å². The molecule has 1 amide bonds. The van der Waals surface area contributed by atoms with E-state index in [1.54, 1.807) is 13.0 Å². The van der Waals surface area contributed by atoms with E-state index >= 15 is 4.39 Å². The summed E-state index contributed by atoms with van der Waals surface area (Å²) in [6.45, 7) is 1.41. The van der Waals surface area contributed by atoms with Crippen LogP contribution in [-0.2, 0) is 12.7 Å². The second-order valence-electron chi connectivity index (χ2n) is 7.86. The number of carbonyl (C=O) groups is 1. The second-order valence-corrected chi connectivity index (χ2v) is 7.86. The molecule has 2 N–H and O–H groups in total. The van der Waals surface area contributed by atoms with Crippen molar-refractivity contribution < 1.29 is 26.5 Å². The van der Waals surface area contributed by atoms with E-state index in [1.165, 1.54) is 18.2 Å². The number of rotatable bonds is 4. The van der Waals surface area contributed by atoms with Crippen LogP contribution in [0.1, 0.15) is 31.6 Å². The zero-order valence-electron chi connectivity index (χ0n) is 21.0. The van der Waals surface area contributed by atoms with Crippen LogP contribution in [-0.4, -0.2) is 58.9 Å². The number of pyridine rings is 1. The Morgan fingerprint density at radius 2 is 1.91 bits per heavy atom. The van der Waals surface area contributed by atoms with Gasteiger partial charge in [-0.1, -0.05) is 6.07 Å². The van der Waals surface area contributed by atoms with Crippen molar-refractivity contribution in [3.8, 4) is 0 Å². The highest BCUT2D eigenvalue weighted by Gasteiger charge is 2.36. The molecule has 2 aromatic heterocycles. The highest BCUT2D eigenvalue weighted by Crippen LogP contribution is 2.27. The first kappa shape index (κ1) is 19.9. The number of halogens is 4.